The lowest BCUT2D eigenvalue weighted by molar-refractivity contribution is 0.0934. The minimum Gasteiger partial charge on any atom is -0.358 e. The molecule has 1 amide bonds. The van der Waals surface area contributed by atoms with Crippen molar-refractivity contribution < 1.29 is 4.79 Å². The monoisotopic (exact) mass is 312 g/mol. The van der Waals surface area contributed by atoms with Crippen LogP contribution in [0.2, 0.25) is 0 Å². The Hall–Kier alpha value is -2.43. The van der Waals surface area contributed by atoms with Crippen LogP contribution >= 0.6 is 0 Å². The van der Waals surface area contributed by atoms with Crippen LogP contribution in [-0.2, 0) is 0 Å². The average molecular weight is 312 g/mol. The molecule has 1 atom stereocenters. The Morgan fingerprint density at radius 3 is 2.57 bits per heavy atom. The second kappa shape index (κ2) is 8.27. The lowest BCUT2D eigenvalue weighted by Crippen LogP contribution is -2.28. The fourth-order valence-electron chi connectivity index (χ4n) is 2.24. The molecule has 0 radical (unpaired) electrons. The summed E-state index contributed by atoms with van der Waals surface area (Å²) < 4.78 is 0. The number of amides is 1. The maximum absolute atomic E-state index is 12.3. The first-order valence-electron chi connectivity index (χ1n) is 8.00. The number of aromatic nitrogens is 2. The Bertz CT molecular complexity index is 613. The summed E-state index contributed by atoms with van der Waals surface area (Å²) in [6.07, 6.45) is 5.42. The highest BCUT2D eigenvalue weighted by molar-refractivity contribution is 5.92. The van der Waals surface area contributed by atoms with Gasteiger partial charge in [0.05, 0.1) is 18.4 Å². The first-order chi connectivity index (χ1) is 11.1. The summed E-state index contributed by atoms with van der Waals surface area (Å²) in [5.74, 6) is 0.572. The molecule has 1 aromatic carbocycles. The van der Waals surface area contributed by atoms with Gasteiger partial charge in [-0.2, -0.15) is 0 Å². The highest BCUT2D eigenvalue weighted by Gasteiger charge is 2.13. The van der Waals surface area contributed by atoms with Crippen LogP contribution in [-0.4, -0.2) is 29.5 Å². The van der Waals surface area contributed by atoms with Crippen molar-refractivity contribution in [3.05, 3.63) is 54.0 Å². The maximum Gasteiger partial charge on any atom is 0.271 e. The van der Waals surface area contributed by atoms with E-state index < -0.39 is 0 Å². The zero-order valence-electron chi connectivity index (χ0n) is 14.0. The van der Waals surface area contributed by atoms with Crippen molar-refractivity contribution in [3.63, 3.8) is 0 Å². The van der Waals surface area contributed by atoms with Crippen LogP contribution in [0.15, 0.2) is 42.7 Å². The molecule has 1 aromatic heterocycles. The minimum absolute atomic E-state index is 0.0718. The predicted octanol–water partition coefficient (Wildman–Crippen LogP) is 3.20. The smallest absolute Gasteiger partial charge is 0.271 e. The molecular formula is C18H24N4O. The van der Waals surface area contributed by atoms with Crippen LogP contribution in [0.25, 0.3) is 0 Å². The zero-order chi connectivity index (χ0) is 16.7. The SMILES string of the molecule is CCCCN(C)c1cnc(C(=O)NC(C)c2ccccc2)cn1. The Morgan fingerprint density at radius 2 is 1.96 bits per heavy atom. The van der Waals surface area contributed by atoms with Crippen molar-refractivity contribution >= 4 is 11.7 Å². The summed E-state index contributed by atoms with van der Waals surface area (Å²) in [5, 5.41) is 2.94. The van der Waals surface area contributed by atoms with Crippen LogP contribution in [0.4, 0.5) is 5.82 Å². The molecule has 122 valence electrons. The molecule has 5 nitrogen and oxygen atoms in total. The van der Waals surface area contributed by atoms with E-state index in [1.165, 1.54) is 6.20 Å². The first kappa shape index (κ1) is 16.9. The molecule has 2 rings (SSSR count). The summed E-state index contributed by atoms with van der Waals surface area (Å²) in [4.78, 5) is 22.9. The van der Waals surface area contributed by atoms with Gasteiger partial charge >= 0.3 is 0 Å². The van der Waals surface area contributed by atoms with E-state index in [-0.39, 0.29) is 11.9 Å². The van der Waals surface area contributed by atoms with E-state index in [1.54, 1.807) is 6.20 Å². The van der Waals surface area contributed by atoms with Gasteiger partial charge in [0.2, 0.25) is 0 Å². The number of anilines is 1. The number of carbonyl (C=O) groups is 1. The summed E-state index contributed by atoms with van der Waals surface area (Å²) in [6.45, 7) is 5.04. The van der Waals surface area contributed by atoms with E-state index in [2.05, 4.69) is 22.2 Å². The minimum atomic E-state index is -0.211. The van der Waals surface area contributed by atoms with Crippen molar-refractivity contribution in [2.45, 2.75) is 32.7 Å². The van der Waals surface area contributed by atoms with Crippen molar-refractivity contribution in [2.75, 3.05) is 18.5 Å². The lowest BCUT2D eigenvalue weighted by atomic mass is 10.1. The van der Waals surface area contributed by atoms with Crippen LogP contribution < -0.4 is 10.2 Å². The Morgan fingerprint density at radius 1 is 1.22 bits per heavy atom. The second-order valence-corrected chi connectivity index (χ2v) is 5.64. The molecule has 0 aliphatic rings. The van der Waals surface area contributed by atoms with Gasteiger partial charge in [0, 0.05) is 13.6 Å². The quantitative estimate of drug-likeness (QED) is 0.853. The molecule has 0 fully saturated rings. The fraction of sp³-hybridized carbons (Fsp3) is 0.389. The molecule has 1 N–H and O–H groups in total. The topological polar surface area (TPSA) is 58.1 Å². The fourth-order valence-corrected chi connectivity index (χ4v) is 2.24. The average Bonchev–Trinajstić information content (AvgIpc) is 2.60. The number of nitrogens with one attached hydrogen (secondary N) is 1. The van der Waals surface area contributed by atoms with Gasteiger partial charge in [-0.25, -0.2) is 9.97 Å². The molecule has 5 heteroatoms. The Kier molecular flexibility index (Phi) is 6.09. The summed E-state index contributed by atoms with van der Waals surface area (Å²) >= 11 is 0. The lowest BCUT2D eigenvalue weighted by Gasteiger charge is -2.17. The normalized spacial score (nSPS) is 11.8. The largest absolute Gasteiger partial charge is 0.358 e. The van der Waals surface area contributed by atoms with Gasteiger partial charge < -0.3 is 10.2 Å². The molecule has 0 bridgehead atoms. The van der Waals surface area contributed by atoms with Gasteiger partial charge in [-0.05, 0) is 18.9 Å². The zero-order valence-corrected chi connectivity index (χ0v) is 14.0. The van der Waals surface area contributed by atoms with Crippen LogP contribution in [0, 0.1) is 0 Å². The van der Waals surface area contributed by atoms with Gasteiger partial charge in [0.1, 0.15) is 11.5 Å². The van der Waals surface area contributed by atoms with E-state index in [0.717, 1.165) is 30.8 Å². The van der Waals surface area contributed by atoms with E-state index in [4.69, 9.17) is 0 Å². The molecule has 23 heavy (non-hydrogen) atoms. The first-order valence-corrected chi connectivity index (χ1v) is 8.00. The van der Waals surface area contributed by atoms with E-state index in [9.17, 15) is 4.79 Å². The number of unbranched alkanes of at least 4 members (excludes halogenated alkanes) is 1. The molecule has 0 aliphatic heterocycles. The molecule has 1 unspecified atom stereocenters. The third-order valence-corrected chi connectivity index (χ3v) is 3.76. The molecular weight excluding hydrogens is 288 g/mol. The van der Waals surface area contributed by atoms with Gasteiger partial charge in [-0.1, -0.05) is 43.7 Å². The molecule has 1 heterocycles. The van der Waals surface area contributed by atoms with Gasteiger partial charge in [-0.15, -0.1) is 0 Å². The van der Waals surface area contributed by atoms with E-state index >= 15 is 0 Å². The predicted molar refractivity (Wildman–Crippen MR) is 92.5 cm³/mol. The second-order valence-electron chi connectivity index (χ2n) is 5.64. The van der Waals surface area contributed by atoms with Crippen LogP contribution in [0.3, 0.4) is 0 Å². The number of carbonyl (C=O) groups excluding carboxylic acids is 1. The molecule has 2 aromatic rings. The van der Waals surface area contributed by atoms with Crippen LogP contribution in [0.5, 0.6) is 0 Å². The molecule has 0 aliphatic carbocycles. The number of benzene rings is 1. The standard InChI is InChI=1S/C18H24N4O/c1-4-5-11-22(3)17-13-19-16(12-20-17)18(23)21-14(2)15-9-7-6-8-10-15/h6-10,12-14H,4-5,11H2,1-3H3,(H,21,23). The van der Waals surface area contributed by atoms with Gasteiger partial charge in [-0.3, -0.25) is 4.79 Å². The van der Waals surface area contributed by atoms with E-state index in [0.29, 0.717) is 5.69 Å². The summed E-state index contributed by atoms with van der Waals surface area (Å²) in [7, 11) is 1.98. The summed E-state index contributed by atoms with van der Waals surface area (Å²) in [5.41, 5.74) is 1.39. The third-order valence-electron chi connectivity index (χ3n) is 3.76. The maximum atomic E-state index is 12.3. The highest BCUT2D eigenvalue weighted by Crippen LogP contribution is 2.12. The van der Waals surface area contributed by atoms with Crippen molar-refractivity contribution in [2.24, 2.45) is 0 Å². The van der Waals surface area contributed by atoms with Crippen molar-refractivity contribution in [1.29, 1.82) is 0 Å². The summed E-state index contributed by atoms with van der Waals surface area (Å²) in [6, 6.07) is 9.77. The Balaban J connectivity index is 1.97. The van der Waals surface area contributed by atoms with E-state index in [1.807, 2.05) is 49.2 Å². The van der Waals surface area contributed by atoms with Crippen LogP contribution in [0.1, 0.15) is 48.8 Å². The number of hydrogen-bond donors (Lipinski definition) is 1. The number of hydrogen-bond acceptors (Lipinski definition) is 4. The Labute approximate surface area is 137 Å². The van der Waals surface area contributed by atoms with Crippen molar-refractivity contribution in [3.8, 4) is 0 Å². The third kappa shape index (κ3) is 4.77. The number of rotatable bonds is 7. The molecule has 0 spiro atoms. The number of nitrogens with zero attached hydrogens (tertiary/aromatic N) is 3. The van der Waals surface area contributed by atoms with Crippen molar-refractivity contribution in [1.82, 2.24) is 15.3 Å². The molecule has 0 saturated heterocycles. The van der Waals surface area contributed by atoms with Gasteiger partial charge in [0.25, 0.3) is 5.91 Å². The van der Waals surface area contributed by atoms with Gasteiger partial charge in [0.15, 0.2) is 0 Å². The molecule has 0 saturated carbocycles. The highest BCUT2D eigenvalue weighted by atomic mass is 16.1.